The van der Waals surface area contributed by atoms with Crippen molar-refractivity contribution in [2.45, 2.75) is 0 Å². The number of nitrogens with two attached hydrogens (primary N) is 2. The van der Waals surface area contributed by atoms with Gasteiger partial charge in [0.2, 0.25) is 5.69 Å². The van der Waals surface area contributed by atoms with Crippen LogP contribution >= 0.6 is 0 Å². The summed E-state index contributed by atoms with van der Waals surface area (Å²) in [5, 5.41) is 13.2. The van der Waals surface area contributed by atoms with Crippen LogP contribution < -0.4 is 16.6 Å². The summed E-state index contributed by atoms with van der Waals surface area (Å²) in [4.78, 5) is 0. The standard InChI is InChI=1S/C9H10N6/c10-8-7(9(11)15-14-8)13-12-6-4-2-1-3-5-6/h1-5H,(H5,10,11,14,15)/p+1. The Labute approximate surface area is 86.0 Å². The van der Waals surface area contributed by atoms with Crippen molar-refractivity contribution in [3.63, 3.8) is 0 Å². The van der Waals surface area contributed by atoms with Crippen LogP contribution in [0.15, 0.2) is 40.6 Å². The van der Waals surface area contributed by atoms with Crippen molar-refractivity contribution in [1.29, 1.82) is 0 Å². The molecule has 15 heavy (non-hydrogen) atoms. The molecule has 0 saturated carbocycles. The summed E-state index contributed by atoms with van der Waals surface area (Å²) in [6.45, 7) is 0. The molecular formula is C9H11N6+. The van der Waals surface area contributed by atoms with E-state index in [9.17, 15) is 0 Å². The summed E-state index contributed by atoms with van der Waals surface area (Å²) in [6, 6.07) is 9.35. The van der Waals surface area contributed by atoms with Gasteiger partial charge >= 0.3 is 5.82 Å². The first-order valence-corrected chi connectivity index (χ1v) is 4.39. The van der Waals surface area contributed by atoms with E-state index < -0.39 is 0 Å². The van der Waals surface area contributed by atoms with Gasteiger partial charge in [-0.25, -0.2) is 5.10 Å². The van der Waals surface area contributed by atoms with Gasteiger partial charge in [-0.05, 0) is 12.1 Å². The van der Waals surface area contributed by atoms with Crippen molar-refractivity contribution in [2.24, 2.45) is 10.2 Å². The van der Waals surface area contributed by atoms with Crippen molar-refractivity contribution in [3.05, 3.63) is 30.3 Å². The van der Waals surface area contributed by atoms with E-state index in [-0.39, 0.29) is 0 Å². The first-order chi connectivity index (χ1) is 7.27. The number of H-pyrrole nitrogens is 2. The third kappa shape index (κ3) is 1.93. The second kappa shape index (κ2) is 3.79. The monoisotopic (exact) mass is 203 g/mol. The Hall–Kier alpha value is -2.37. The highest BCUT2D eigenvalue weighted by atomic mass is 15.2. The van der Waals surface area contributed by atoms with Crippen molar-refractivity contribution < 1.29 is 5.10 Å². The molecule has 0 aliphatic carbocycles. The number of nitrogens with zero attached hydrogens (tertiary/aromatic N) is 2. The Balaban J connectivity index is 2.26. The van der Waals surface area contributed by atoms with Crippen molar-refractivity contribution in [1.82, 2.24) is 5.10 Å². The molecule has 6 heteroatoms. The maximum atomic E-state index is 5.58. The summed E-state index contributed by atoms with van der Waals surface area (Å²) >= 11 is 0. The lowest BCUT2D eigenvalue weighted by Crippen LogP contribution is -2.07. The minimum Gasteiger partial charge on any atom is -0.381 e. The maximum Gasteiger partial charge on any atom is 0.320 e. The normalized spacial score (nSPS) is 10.9. The predicted molar refractivity (Wildman–Crippen MR) is 56.8 cm³/mol. The number of anilines is 2. The fraction of sp³-hybridized carbons (Fsp3) is 0. The molecular weight excluding hydrogens is 192 g/mol. The number of nitrogen functional groups attached to an aromatic ring is 2. The number of hydrogen-bond donors (Lipinski definition) is 3. The van der Waals surface area contributed by atoms with Gasteiger partial charge in [0.25, 0.3) is 0 Å². The summed E-state index contributed by atoms with van der Waals surface area (Å²) in [5.74, 6) is 0.736. The van der Waals surface area contributed by atoms with E-state index in [1.54, 1.807) is 0 Å². The summed E-state index contributed by atoms with van der Waals surface area (Å²) in [6.07, 6.45) is 0. The van der Waals surface area contributed by atoms with Crippen LogP contribution in [0.5, 0.6) is 0 Å². The molecule has 1 heterocycles. The van der Waals surface area contributed by atoms with Crippen molar-refractivity contribution in [2.75, 3.05) is 11.5 Å². The predicted octanol–water partition coefficient (Wildman–Crippen LogP) is 1.41. The van der Waals surface area contributed by atoms with Gasteiger partial charge in [-0.15, -0.1) is 5.11 Å². The Morgan fingerprint density at radius 1 is 1.07 bits per heavy atom. The van der Waals surface area contributed by atoms with Gasteiger partial charge in [0.1, 0.15) is 0 Å². The molecule has 0 radical (unpaired) electrons. The van der Waals surface area contributed by atoms with Gasteiger partial charge in [0.15, 0.2) is 5.82 Å². The lowest BCUT2D eigenvalue weighted by Gasteiger charge is -1.89. The summed E-state index contributed by atoms with van der Waals surface area (Å²) in [5.41, 5.74) is 12.3. The minimum absolute atomic E-state index is 0.368. The van der Waals surface area contributed by atoms with E-state index in [0.717, 1.165) is 5.69 Å². The zero-order chi connectivity index (χ0) is 10.7. The Bertz CT molecular complexity index is 453. The fourth-order valence-electron chi connectivity index (χ4n) is 1.11. The second-order valence-electron chi connectivity index (χ2n) is 2.96. The van der Waals surface area contributed by atoms with Gasteiger partial charge in [0, 0.05) is 0 Å². The molecule has 76 valence electrons. The van der Waals surface area contributed by atoms with Crippen LogP contribution in [0, 0.1) is 0 Å². The molecule has 6 nitrogen and oxygen atoms in total. The van der Waals surface area contributed by atoms with Crippen LogP contribution in [0.3, 0.4) is 0 Å². The number of azo groups is 1. The lowest BCUT2D eigenvalue weighted by atomic mass is 10.3. The first-order valence-electron chi connectivity index (χ1n) is 4.39. The molecule has 0 unspecified atom stereocenters. The number of hydrogen-bond acceptors (Lipinski definition) is 4. The molecule has 0 aliphatic rings. The van der Waals surface area contributed by atoms with Crippen LogP contribution in [0.1, 0.15) is 0 Å². The van der Waals surface area contributed by atoms with Crippen LogP contribution in [-0.2, 0) is 0 Å². The van der Waals surface area contributed by atoms with Crippen molar-refractivity contribution >= 4 is 23.0 Å². The largest absolute Gasteiger partial charge is 0.381 e. The van der Waals surface area contributed by atoms with Gasteiger partial charge in [-0.2, -0.15) is 10.2 Å². The van der Waals surface area contributed by atoms with E-state index in [2.05, 4.69) is 20.4 Å². The van der Waals surface area contributed by atoms with Crippen LogP contribution in [0.4, 0.5) is 23.0 Å². The van der Waals surface area contributed by atoms with Crippen molar-refractivity contribution in [3.8, 4) is 0 Å². The Morgan fingerprint density at radius 3 is 2.40 bits per heavy atom. The molecule has 2 aromatic rings. The van der Waals surface area contributed by atoms with Gasteiger partial charge < -0.3 is 5.73 Å². The first kappa shape index (κ1) is 9.20. The number of rotatable bonds is 2. The second-order valence-corrected chi connectivity index (χ2v) is 2.96. The average molecular weight is 203 g/mol. The Kier molecular flexibility index (Phi) is 2.32. The van der Waals surface area contributed by atoms with E-state index in [0.29, 0.717) is 17.3 Å². The molecule has 0 spiro atoms. The van der Waals surface area contributed by atoms with Gasteiger partial charge in [-0.1, -0.05) is 18.2 Å². The number of aromatic amines is 2. The van der Waals surface area contributed by atoms with Gasteiger partial charge in [0.05, 0.1) is 5.69 Å². The van der Waals surface area contributed by atoms with Crippen LogP contribution in [0.2, 0.25) is 0 Å². The summed E-state index contributed by atoms with van der Waals surface area (Å²) in [7, 11) is 0. The molecule has 6 N–H and O–H groups in total. The van der Waals surface area contributed by atoms with Crippen LogP contribution in [0.25, 0.3) is 0 Å². The zero-order valence-electron chi connectivity index (χ0n) is 7.94. The third-order valence-electron chi connectivity index (χ3n) is 1.86. The highest BCUT2D eigenvalue weighted by Crippen LogP contribution is 2.25. The quantitative estimate of drug-likeness (QED) is 0.641. The van der Waals surface area contributed by atoms with E-state index in [1.165, 1.54) is 0 Å². The molecule has 0 amide bonds. The molecule has 1 aromatic heterocycles. The van der Waals surface area contributed by atoms with E-state index in [4.69, 9.17) is 11.5 Å². The van der Waals surface area contributed by atoms with E-state index >= 15 is 0 Å². The maximum absolute atomic E-state index is 5.58. The molecule has 0 saturated heterocycles. The minimum atomic E-state index is 0.368. The average Bonchev–Trinajstić information content (AvgIpc) is 2.58. The topological polar surface area (TPSA) is 107 Å². The van der Waals surface area contributed by atoms with E-state index in [1.807, 2.05) is 30.3 Å². The molecule has 0 fully saturated rings. The smallest absolute Gasteiger partial charge is 0.320 e. The third-order valence-corrected chi connectivity index (χ3v) is 1.86. The molecule has 0 bridgehead atoms. The van der Waals surface area contributed by atoms with Gasteiger partial charge in [-0.3, -0.25) is 5.73 Å². The summed E-state index contributed by atoms with van der Waals surface area (Å²) < 4.78 is 0. The SMILES string of the molecule is Nc1[nH][nH+]c(N)c1N=Nc1ccccc1. The molecule has 2 rings (SSSR count). The molecule has 1 aromatic carbocycles. The highest BCUT2D eigenvalue weighted by Gasteiger charge is 2.11. The number of benzene rings is 1. The lowest BCUT2D eigenvalue weighted by molar-refractivity contribution is -0.431. The zero-order valence-corrected chi connectivity index (χ0v) is 7.94. The molecule has 0 aliphatic heterocycles. The van der Waals surface area contributed by atoms with Crippen LogP contribution in [-0.4, -0.2) is 5.10 Å². The Morgan fingerprint density at radius 2 is 1.80 bits per heavy atom. The number of aromatic nitrogens is 2. The highest BCUT2D eigenvalue weighted by molar-refractivity contribution is 5.67. The molecule has 0 atom stereocenters. The fourth-order valence-corrected chi connectivity index (χ4v) is 1.11. The number of nitrogens with one attached hydrogen (secondary N) is 2.